The first kappa shape index (κ1) is 17.1. The molecule has 2 aromatic rings. The fraction of sp³-hybridized carbons (Fsp3) is 0.444. The van der Waals surface area contributed by atoms with Gasteiger partial charge < -0.3 is 10.1 Å². The van der Waals surface area contributed by atoms with E-state index < -0.39 is 0 Å². The summed E-state index contributed by atoms with van der Waals surface area (Å²) >= 11 is 1.62. The van der Waals surface area contributed by atoms with Crippen LogP contribution in [0.1, 0.15) is 21.8 Å². The first-order valence-electron chi connectivity index (χ1n) is 8.20. The van der Waals surface area contributed by atoms with E-state index in [-0.39, 0.29) is 5.91 Å². The fourth-order valence-electron chi connectivity index (χ4n) is 2.68. The maximum atomic E-state index is 12.3. The van der Waals surface area contributed by atoms with Crippen LogP contribution in [0.5, 0.6) is 0 Å². The molecule has 1 aliphatic rings. The second-order valence-electron chi connectivity index (χ2n) is 6.16. The summed E-state index contributed by atoms with van der Waals surface area (Å²) in [5.41, 5.74) is 3.92. The smallest absolute Gasteiger partial charge is 0.230 e. The minimum atomic E-state index is -0.0214. The standard InChI is InChI=1S/C18H23N3O2S/c1-13-3-4-14(2)16(9-13)20-17(22)10-15-12-24-18(19-15)11-21-5-7-23-8-6-21/h3-4,9,12H,5-8,10-11H2,1-2H3,(H,20,22). The quantitative estimate of drug-likeness (QED) is 0.905. The van der Waals surface area contributed by atoms with Crippen LogP contribution in [0.25, 0.3) is 0 Å². The van der Waals surface area contributed by atoms with E-state index in [2.05, 4.69) is 15.2 Å². The molecule has 3 rings (SSSR count). The van der Waals surface area contributed by atoms with Crippen LogP contribution < -0.4 is 5.32 Å². The summed E-state index contributed by atoms with van der Waals surface area (Å²) in [6.45, 7) is 8.33. The van der Waals surface area contributed by atoms with Gasteiger partial charge in [-0.3, -0.25) is 9.69 Å². The summed E-state index contributed by atoms with van der Waals surface area (Å²) in [5, 5.41) is 6.04. The van der Waals surface area contributed by atoms with Crippen LogP contribution in [0.3, 0.4) is 0 Å². The van der Waals surface area contributed by atoms with E-state index in [0.717, 1.165) is 60.4 Å². The first-order valence-corrected chi connectivity index (χ1v) is 9.08. The van der Waals surface area contributed by atoms with Gasteiger partial charge in [-0.2, -0.15) is 0 Å². The Hall–Kier alpha value is -1.76. The summed E-state index contributed by atoms with van der Waals surface area (Å²) in [4.78, 5) is 19.2. The molecule has 6 heteroatoms. The van der Waals surface area contributed by atoms with Crippen molar-refractivity contribution in [3.63, 3.8) is 0 Å². The van der Waals surface area contributed by atoms with Crippen molar-refractivity contribution < 1.29 is 9.53 Å². The molecule has 0 saturated carbocycles. The molecule has 0 bridgehead atoms. The molecule has 0 aliphatic carbocycles. The van der Waals surface area contributed by atoms with E-state index in [1.54, 1.807) is 11.3 Å². The Bertz CT molecular complexity index is 708. The maximum absolute atomic E-state index is 12.3. The average molecular weight is 345 g/mol. The minimum absolute atomic E-state index is 0.0214. The molecule has 0 radical (unpaired) electrons. The van der Waals surface area contributed by atoms with Gasteiger partial charge in [0.05, 0.1) is 31.9 Å². The monoisotopic (exact) mass is 345 g/mol. The van der Waals surface area contributed by atoms with E-state index in [9.17, 15) is 4.79 Å². The van der Waals surface area contributed by atoms with Gasteiger partial charge in [-0.1, -0.05) is 12.1 Å². The number of ether oxygens (including phenoxy) is 1. The number of rotatable bonds is 5. The second kappa shape index (κ2) is 7.88. The SMILES string of the molecule is Cc1ccc(C)c(NC(=O)Cc2csc(CN3CCOCC3)n2)c1. The Morgan fingerprint density at radius 2 is 2.12 bits per heavy atom. The molecule has 2 heterocycles. The number of morpholine rings is 1. The van der Waals surface area contributed by atoms with Crippen LogP contribution in [0.2, 0.25) is 0 Å². The number of benzene rings is 1. The Morgan fingerprint density at radius 3 is 2.92 bits per heavy atom. The summed E-state index contributed by atoms with van der Waals surface area (Å²) in [7, 11) is 0. The van der Waals surface area contributed by atoms with E-state index >= 15 is 0 Å². The number of aryl methyl sites for hydroxylation is 2. The third kappa shape index (κ3) is 4.63. The average Bonchev–Trinajstić information content (AvgIpc) is 2.98. The lowest BCUT2D eigenvalue weighted by molar-refractivity contribution is -0.115. The van der Waals surface area contributed by atoms with Crippen molar-refractivity contribution in [1.29, 1.82) is 0 Å². The number of aromatic nitrogens is 1. The number of carbonyl (C=O) groups is 1. The molecule has 0 spiro atoms. The summed E-state index contributed by atoms with van der Waals surface area (Å²) in [6.07, 6.45) is 0.312. The number of anilines is 1. The normalized spacial score (nSPS) is 15.4. The Kier molecular flexibility index (Phi) is 5.60. The van der Waals surface area contributed by atoms with Crippen molar-refractivity contribution in [2.45, 2.75) is 26.8 Å². The van der Waals surface area contributed by atoms with Gasteiger partial charge in [0, 0.05) is 24.2 Å². The lowest BCUT2D eigenvalue weighted by Crippen LogP contribution is -2.35. The van der Waals surface area contributed by atoms with Crippen molar-refractivity contribution in [2.75, 3.05) is 31.6 Å². The predicted molar refractivity (Wildman–Crippen MR) is 96.5 cm³/mol. The number of hydrogen-bond acceptors (Lipinski definition) is 5. The molecule has 24 heavy (non-hydrogen) atoms. The number of carbonyl (C=O) groups excluding carboxylic acids is 1. The lowest BCUT2D eigenvalue weighted by atomic mass is 10.1. The molecule has 0 unspecified atom stereocenters. The molecule has 1 fully saturated rings. The fourth-order valence-corrected chi connectivity index (χ4v) is 3.52. The summed E-state index contributed by atoms with van der Waals surface area (Å²) in [6, 6.07) is 6.07. The first-order chi connectivity index (χ1) is 11.6. The molecule has 1 aliphatic heterocycles. The molecule has 1 aromatic heterocycles. The molecule has 1 saturated heterocycles. The van der Waals surface area contributed by atoms with Gasteiger partial charge in [0.25, 0.3) is 0 Å². The molecule has 1 aromatic carbocycles. The van der Waals surface area contributed by atoms with Gasteiger partial charge in [0.15, 0.2) is 0 Å². The highest BCUT2D eigenvalue weighted by Crippen LogP contribution is 2.18. The van der Waals surface area contributed by atoms with Crippen LogP contribution in [-0.2, 0) is 22.5 Å². The predicted octanol–water partition coefficient (Wildman–Crippen LogP) is 2.77. The van der Waals surface area contributed by atoms with E-state index in [1.807, 2.05) is 37.4 Å². The van der Waals surface area contributed by atoms with Gasteiger partial charge in [0.1, 0.15) is 5.01 Å². The number of amides is 1. The van der Waals surface area contributed by atoms with Crippen molar-refractivity contribution in [1.82, 2.24) is 9.88 Å². The van der Waals surface area contributed by atoms with Gasteiger partial charge in [0.2, 0.25) is 5.91 Å². The minimum Gasteiger partial charge on any atom is -0.379 e. The lowest BCUT2D eigenvalue weighted by Gasteiger charge is -2.25. The zero-order valence-electron chi connectivity index (χ0n) is 14.2. The highest BCUT2D eigenvalue weighted by atomic mass is 32.1. The zero-order chi connectivity index (χ0) is 16.9. The number of hydrogen-bond donors (Lipinski definition) is 1. The van der Waals surface area contributed by atoms with E-state index in [4.69, 9.17) is 4.74 Å². The Balaban J connectivity index is 1.55. The highest BCUT2D eigenvalue weighted by molar-refractivity contribution is 7.09. The molecule has 5 nitrogen and oxygen atoms in total. The number of thiazole rings is 1. The molecular weight excluding hydrogens is 322 g/mol. The Labute approximate surface area is 146 Å². The molecule has 128 valence electrons. The number of nitrogens with zero attached hydrogens (tertiary/aromatic N) is 2. The van der Waals surface area contributed by atoms with Gasteiger partial charge in [-0.05, 0) is 31.0 Å². The zero-order valence-corrected chi connectivity index (χ0v) is 15.0. The van der Waals surface area contributed by atoms with Gasteiger partial charge >= 0.3 is 0 Å². The van der Waals surface area contributed by atoms with E-state index in [1.165, 1.54) is 0 Å². The van der Waals surface area contributed by atoms with Crippen LogP contribution >= 0.6 is 11.3 Å². The largest absolute Gasteiger partial charge is 0.379 e. The van der Waals surface area contributed by atoms with Crippen molar-refractivity contribution in [2.24, 2.45) is 0 Å². The molecular formula is C18H23N3O2S. The third-order valence-electron chi connectivity index (χ3n) is 4.07. The van der Waals surface area contributed by atoms with Crippen molar-refractivity contribution >= 4 is 22.9 Å². The van der Waals surface area contributed by atoms with Crippen LogP contribution in [0.15, 0.2) is 23.6 Å². The third-order valence-corrected chi connectivity index (χ3v) is 4.95. The van der Waals surface area contributed by atoms with Crippen LogP contribution in [-0.4, -0.2) is 42.1 Å². The summed E-state index contributed by atoms with van der Waals surface area (Å²) < 4.78 is 5.36. The molecule has 0 atom stereocenters. The van der Waals surface area contributed by atoms with E-state index in [0.29, 0.717) is 6.42 Å². The maximum Gasteiger partial charge on any atom is 0.230 e. The summed E-state index contributed by atoms with van der Waals surface area (Å²) in [5.74, 6) is -0.0214. The molecule has 1 N–H and O–H groups in total. The van der Waals surface area contributed by atoms with Gasteiger partial charge in [-0.25, -0.2) is 4.98 Å². The van der Waals surface area contributed by atoms with Crippen LogP contribution in [0.4, 0.5) is 5.69 Å². The van der Waals surface area contributed by atoms with Crippen molar-refractivity contribution in [3.05, 3.63) is 45.4 Å². The highest BCUT2D eigenvalue weighted by Gasteiger charge is 2.14. The topological polar surface area (TPSA) is 54.5 Å². The van der Waals surface area contributed by atoms with Crippen molar-refractivity contribution in [3.8, 4) is 0 Å². The van der Waals surface area contributed by atoms with Crippen LogP contribution in [0, 0.1) is 13.8 Å². The second-order valence-corrected chi connectivity index (χ2v) is 7.11. The molecule has 1 amide bonds. The Morgan fingerprint density at radius 1 is 1.33 bits per heavy atom. The number of nitrogens with one attached hydrogen (secondary N) is 1. The van der Waals surface area contributed by atoms with Gasteiger partial charge in [-0.15, -0.1) is 11.3 Å².